The van der Waals surface area contributed by atoms with Gasteiger partial charge in [0.15, 0.2) is 0 Å². The molecule has 88 valence electrons. The number of pyridine rings is 1. The molecule has 0 spiro atoms. The minimum Gasteiger partial charge on any atom is -0.298 e. The molecule has 1 aromatic rings. The topological polar surface area (TPSA) is 16.1 Å². The van der Waals surface area contributed by atoms with Gasteiger partial charge in [-0.05, 0) is 32.0 Å². The first-order valence-electron chi connectivity index (χ1n) is 6.06. The molecule has 0 unspecified atom stereocenters. The lowest BCUT2D eigenvalue weighted by Gasteiger charge is -2.30. The summed E-state index contributed by atoms with van der Waals surface area (Å²) in [5.41, 5.74) is 1.07. The van der Waals surface area contributed by atoms with E-state index in [-0.39, 0.29) is 0 Å². The van der Waals surface area contributed by atoms with Gasteiger partial charge in [0, 0.05) is 23.8 Å². The molecule has 0 saturated heterocycles. The third kappa shape index (κ3) is 3.19. The molecule has 1 heterocycles. The number of rotatable bonds is 3. The standard InChI is InChI=1S/C13H19ClN2/c1-16(13-5-3-2-4-6-13)10-12-9-11(14)7-8-15-12/h7-9,13H,2-6,10H2,1H3. The Balaban J connectivity index is 1.93. The molecular weight excluding hydrogens is 220 g/mol. The Bertz CT molecular complexity index is 334. The molecular formula is C13H19ClN2. The average Bonchev–Trinajstić information content (AvgIpc) is 2.30. The lowest BCUT2D eigenvalue weighted by atomic mass is 9.94. The summed E-state index contributed by atoms with van der Waals surface area (Å²) in [4.78, 5) is 6.76. The van der Waals surface area contributed by atoms with E-state index >= 15 is 0 Å². The van der Waals surface area contributed by atoms with Gasteiger partial charge >= 0.3 is 0 Å². The van der Waals surface area contributed by atoms with Crippen molar-refractivity contribution in [3.63, 3.8) is 0 Å². The van der Waals surface area contributed by atoms with Crippen LogP contribution in [0.15, 0.2) is 18.3 Å². The normalized spacial score (nSPS) is 17.9. The van der Waals surface area contributed by atoms with Crippen LogP contribution in [0.3, 0.4) is 0 Å². The van der Waals surface area contributed by atoms with Crippen molar-refractivity contribution >= 4 is 11.6 Å². The Morgan fingerprint density at radius 2 is 2.12 bits per heavy atom. The molecule has 0 N–H and O–H groups in total. The Hall–Kier alpha value is -0.600. The Morgan fingerprint density at radius 3 is 2.81 bits per heavy atom. The Morgan fingerprint density at radius 1 is 1.38 bits per heavy atom. The van der Waals surface area contributed by atoms with Crippen molar-refractivity contribution in [2.75, 3.05) is 7.05 Å². The van der Waals surface area contributed by atoms with Crippen molar-refractivity contribution in [3.8, 4) is 0 Å². The van der Waals surface area contributed by atoms with Gasteiger partial charge in [0.05, 0.1) is 5.69 Å². The van der Waals surface area contributed by atoms with E-state index in [9.17, 15) is 0 Å². The number of halogens is 1. The van der Waals surface area contributed by atoms with Crippen molar-refractivity contribution in [3.05, 3.63) is 29.0 Å². The van der Waals surface area contributed by atoms with Crippen LogP contribution < -0.4 is 0 Å². The minimum atomic E-state index is 0.731. The maximum absolute atomic E-state index is 5.96. The molecule has 2 rings (SSSR count). The maximum Gasteiger partial charge on any atom is 0.0558 e. The smallest absolute Gasteiger partial charge is 0.0558 e. The fourth-order valence-electron chi connectivity index (χ4n) is 2.44. The highest BCUT2D eigenvalue weighted by atomic mass is 35.5. The second-order valence-corrected chi connectivity index (χ2v) is 5.11. The van der Waals surface area contributed by atoms with Crippen LogP contribution in [0.5, 0.6) is 0 Å². The summed E-state index contributed by atoms with van der Waals surface area (Å²) >= 11 is 5.96. The van der Waals surface area contributed by atoms with Crippen LogP contribution >= 0.6 is 11.6 Å². The van der Waals surface area contributed by atoms with Crippen molar-refractivity contribution < 1.29 is 0 Å². The zero-order valence-electron chi connectivity index (χ0n) is 9.82. The number of nitrogens with zero attached hydrogens (tertiary/aromatic N) is 2. The molecule has 1 fully saturated rings. The van der Waals surface area contributed by atoms with Crippen molar-refractivity contribution in [1.29, 1.82) is 0 Å². The molecule has 0 aliphatic heterocycles. The molecule has 0 atom stereocenters. The Labute approximate surface area is 103 Å². The molecule has 3 heteroatoms. The van der Waals surface area contributed by atoms with Crippen molar-refractivity contribution in [2.45, 2.75) is 44.7 Å². The van der Waals surface area contributed by atoms with Gasteiger partial charge in [0.2, 0.25) is 0 Å². The van der Waals surface area contributed by atoms with Crippen LogP contribution in [0.1, 0.15) is 37.8 Å². The van der Waals surface area contributed by atoms with Crippen LogP contribution in [0.4, 0.5) is 0 Å². The van der Waals surface area contributed by atoms with Gasteiger partial charge in [-0.25, -0.2) is 0 Å². The quantitative estimate of drug-likeness (QED) is 0.801. The zero-order chi connectivity index (χ0) is 11.4. The van der Waals surface area contributed by atoms with E-state index < -0.39 is 0 Å². The summed E-state index contributed by atoms with van der Waals surface area (Å²) in [6, 6.07) is 4.52. The van der Waals surface area contributed by atoms with E-state index in [2.05, 4.69) is 16.9 Å². The van der Waals surface area contributed by atoms with E-state index in [1.165, 1.54) is 32.1 Å². The van der Waals surface area contributed by atoms with Crippen LogP contribution in [0, 0.1) is 0 Å². The molecule has 0 radical (unpaired) electrons. The first kappa shape index (κ1) is 11.9. The van der Waals surface area contributed by atoms with Crippen LogP contribution in [-0.4, -0.2) is 23.0 Å². The second kappa shape index (κ2) is 5.65. The predicted molar refractivity (Wildman–Crippen MR) is 67.6 cm³/mol. The second-order valence-electron chi connectivity index (χ2n) is 4.67. The van der Waals surface area contributed by atoms with E-state index in [4.69, 9.17) is 11.6 Å². The van der Waals surface area contributed by atoms with Crippen LogP contribution in [0.25, 0.3) is 0 Å². The molecule has 1 aliphatic rings. The fraction of sp³-hybridized carbons (Fsp3) is 0.615. The van der Waals surface area contributed by atoms with Gasteiger partial charge in [0.25, 0.3) is 0 Å². The van der Waals surface area contributed by atoms with Crippen LogP contribution in [0.2, 0.25) is 5.02 Å². The van der Waals surface area contributed by atoms with E-state index in [0.717, 1.165) is 23.3 Å². The van der Waals surface area contributed by atoms with Gasteiger partial charge in [-0.2, -0.15) is 0 Å². The molecule has 16 heavy (non-hydrogen) atoms. The summed E-state index contributed by atoms with van der Waals surface area (Å²) in [7, 11) is 2.19. The molecule has 0 amide bonds. The number of hydrogen-bond acceptors (Lipinski definition) is 2. The first-order valence-corrected chi connectivity index (χ1v) is 6.44. The third-order valence-electron chi connectivity index (χ3n) is 3.39. The van der Waals surface area contributed by atoms with Gasteiger partial charge in [-0.15, -0.1) is 0 Å². The van der Waals surface area contributed by atoms with Gasteiger partial charge < -0.3 is 0 Å². The number of aromatic nitrogens is 1. The van der Waals surface area contributed by atoms with E-state index in [0.29, 0.717) is 0 Å². The molecule has 1 saturated carbocycles. The molecule has 0 aromatic carbocycles. The van der Waals surface area contributed by atoms with Crippen LogP contribution in [-0.2, 0) is 6.54 Å². The lowest BCUT2D eigenvalue weighted by molar-refractivity contribution is 0.183. The number of hydrogen-bond donors (Lipinski definition) is 0. The maximum atomic E-state index is 5.96. The van der Waals surface area contributed by atoms with Crippen molar-refractivity contribution in [1.82, 2.24) is 9.88 Å². The van der Waals surface area contributed by atoms with Gasteiger partial charge in [-0.3, -0.25) is 9.88 Å². The SMILES string of the molecule is CN(Cc1cc(Cl)ccn1)C1CCCCC1. The molecule has 2 nitrogen and oxygen atoms in total. The zero-order valence-corrected chi connectivity index (χ0v) is 10.6. The molecule has 1 aromatic heterocycles. The fourth-order valence-corrected chi connectivity index (χ4v) is 2.62. The minimum absolute atomic E-state index is 0.731. The molecule has 1 aliphatic carbocycles. The highest BCUT2D eigenvalue weighted by Gasteiger charge is 2.18. The highest BCUT2D eigenvalue weighted by Crippen LogP contribution is 2.22. The Kier molecular flexibility index (Phi) is 4.19. The summed E-state index contributed by atoms with van der Waals surface area (Å²) in [5.74, 6) is 0. The van der Waals surface area contributed by atoms with Crippen molar-refractivity contribution in [2.24, 2.45) is 0 Å². The average molecular weight is 239 g/mol. The lowest BCUT2D eigenvalue weighted by Crippen LogP contribution is -2.33. The van der Waals surface area contributed by atoms with E-state index in [1.807, 2.05) is 12.1 Å². The summed E-state index contributed by atoms with van der Waals surface area (Å²) in [6.45, 7) is 0.908. The van der Waals surface area contributed by atoms with E-state index in [1.54, 1.807) is 6.20 Å². The molecule has 0 bridgehead atoms. The first-order chi connectivity index (χ1) is 7.75. The van der Waals surface area contributed by atoms with Gasteiger partial charge in [-0.1, -0.05) is 30.9 Å². The van der Waals surface area contributed by atoms with Gasteiger partial charge in [0.1, 0.15) is 0 Å². The summed E-state index contributed by atoms with van der Waals surface area (Å²) in [5, 5.41) is 0.780. The third-order valence-corrected chi connectivity index (χ3v) is 3.62. The highest BCUT2D eigenvalue weighted by molar-refractivity contribution is 6.30. The summed E-state index contributed by atoms with van der Waals surface area (Å²) in [6.07, 6.45) is 8.59. The summed E-state index contributed by atoms with van der Waals surface area (Å²) < 4.78 is 0. The monoisotopic (exact) mass is 238 g/mol. The predicted octanol–water partition coefficient (Wildman–Crippen LogP) is 3.50. The largest absolute Gasteiger partial charge is 0.298 e.